The molecular weight excluding hydrogens is 188 g/mol. The second-order valence-corrected chi connectivity index (χ2v) is 2.72. The maximum absolute atomic E-state index is 11.0. The van der Waals surface area contributed by atoms with Crippen molar-refractivity contribution in [2.75, 3.05) is 6.61 Å². The summed E-state index contributed by atoms with van der Waals surface area (Å²) < 4.78 is 0. The molecule has 1 unspecified atom stereocenters. The minimum absolute atomic E-state index is 0.261. The topological polar surface area (TPSA) is 98.7 Å². The number of carbonyl (C=O) groups excluding carboxylic acids is 1. The van der Waals surface area contributed by atoms with E-state index in [2.05, 4.69) is 17.2 Å². The molecule has 2 amide bonds. The van der Waals surface area contributed by atoms with Crippen LogP contribution >= 0.6 is 0 Å². The molecule has 0 aromatic rings. The van der Waals surface area contributed by atoms with E-state index in [4.69, 9.17) is 10.2 Å². The SMILES string of the molecule is C=CC(C)NC(=O)N[C@H](CO)C(=O)O. The normalized spacial score (nSPS) is 13.9. The van der Waals surface area contributed by atoms with Crippen LogP contribution in [0.2, 0.25) is 0 Å². The van der Waals surface area contributed by atoms with Gasteiger partial charge in [0.05, 0.1) is 6.61 Å². The van der Waals surface area contributed by atoms with Crippen LogP contribution in [0.1, 0.15) is 6.92 Å². The lowest BCUT2D eigenvalue weighted by molar-refractivity contribution is -0.140. The van der Waals surface area contributed by atoms with Crippen molar-refractivity contribution in [3.8, 4) is 0 Å². The number of urea groups is 1. The molecule has 14 heavy (non-hydrogen) atoms. The summed E-state index contributed by atoms with van der Waals surface area (Å²) in [4.78, 5) is 21.4. The van der Waals surface area contributed by atoms with Gasteiger partial charge in [-0.25, -0.2) is 9.59 Å². The summed E-state index contributed by atoms with van der Waals surface area (Å²) in [5, 5.41) is 21.6. The van der Waals surface area contributed by atoms with Crippen molar-refractivity contribution >= 4 is 12.0 Å². The van der Waals surface area contributed by atoms with E-state index >= 15 is 0 Å². The first-order chi connectivity index (χ1) is 6.51. The van der Waals surface area contributed by atoms with Gasteiger partial charge in [0.1, 0.15) is 0 Å². The molecule has 0 radical (unpaired) electrons. The molecule has 0 aliphatic carbocycles. The van der Waals surface area contributed by atoms with Crippen molar-refractivity contribution in [1.29, 1.82) is 0 Å². The van der Waals surface area contributed by atoms with Crippen molar-refractivity contribution in [1.82, 2.24) is 10.6 Å². The monoisotopic (exact) mass is 202 g/mol. The molecule has 0 rings (SSSR count). The van der Waals surface area contributed by atoms with Crippen LogP contribution in [0.15, 0.2) is 12.7 Å². The average molecular weight is 202 g/mol. The molecule has 0 heterocycles. The predicted octanol–water partition coefficient (Wildman–Crippen LogP) is -0.694. The molecule has 4 N–H and O–H groups in total. The second-order valence-electron chi connectivity index (χ2n) is 2.72. The minimum atomic E-state index is -1.29. The summed E-state index contributed by atoms with van der Waals surface area (Å²) in [5.74, 6) is -1.28. The van der Waals surface area contributed by atoms with Crippen LogP contribution in [0.25, 0.3) is 0 Å². The quantitative estimate of drug-likeness (QED) is 0.443. The molecule has 0 fully saturated rings. The fourth-order valence-electron chi connectivity index (χ4n) is 0.651. The van der Waals surface area contributed by atoms with E-state index < -0.39 is 24.6 Å². The van der Waals surface area contributed by atoms with Gasteiger partial charge in [0.25, 0.3) is 0 Å². The van der Waals surface area contributed by atoms with Gasteiger partial charge in [-0.3, -0.25) is 0 Å². The first-order valence-corrected chi connectivity index (χ1v) is 4.04. The molecule has 80 valence electrons. The van der Waals surface area contributed by atoms with Gasteiger partial charge in [-0.15, -0.1) is 6.58 Å². The van der Waals surface area contributed by atoms with E-state index in [0.717, 1.165) is 0 Å². The van der Waals surface area contributed by atoms with Gasteiger partial charge in [-0.05, 0) is 6.92 Å². The summed E-state index contributed by atoms with van der Waals surface area (Å²) in [6.45, 7) is 4.47. The molecule has 2 atom stereocenters. The van der Waals surface area contributed by atoms with Crippen molar-refractivity contribution in [2.45, 2.75) is 19.0 Å². The fraction of sp³-hybridized carbons (Fsp3) is 0.500. The van der Waals surface area contributed by atoms with Crippen molar-refractivity contribution in [3.63, 3.8) is 0 Å². The lowest BCUT2D eigenvalue weighted by atomic mass is 10.3. The number of hydrogen-bond acceptors (Lipinski definition) is 3. The average Bonchev–Trinajstić information content (AvgIpc) is 2.13. The highest BCUT2D eigenvalue weighted by atomic mass is 16.4. The Morgan fingerprint density at radius 1 is 1.50 bits per heavy atom. The number of aliphatic carboxylic acids is 1. The van der Waals surface area contributed by atoms with Gasteiger partial charge in [0.2, 0.25) is 0 Å². The Hall–Kier alpha value is -1.56. The lowest BCUT2D eigenvalue weighted by Crippen LogP contribution is -2.49. The minimum Gasteiger partial charge on any atom is -0.480 e. The number of carboxylic acid groups (broad SMARTS) is 1. The zero-order valence-electron chi connectivity index (χ0n) is 7.86. The Morgan fingerprint density at radius 2 is 2.07 bits per heavy atom. The van der Waals surface area contributed by atoms with Crippen molar-refractivity contribution in [3.05, 3.63) is 12.7 Å². The number of nitrogens with one attached hydrogen (secondary N) is 2. The van der Waals surface area contributed by atoms with Crippen molar-refractivity contribution < 1.29 is 19.8 Å². The third-order valence-corrected chi connectivity index (χ3v) is 1.50. The Morgan fingerprint density at radius 3 is 2.43 bits per heavy atom. The molecule has 0 spiro atoms. The number of rotatable bonds is 5. The number of aliphatic hydroxyl groups excluding tert-OH is 1. The molecule has 6 nitrogen and oxygen atoms in total. The van der Waals surface area contributed by atoms with Gasteiger partial charge in [-0.2, -0.15) is 0 Å². The molecule has 6 heteroatoms. The standard InChI is InChI=1S/C8H14N2O4/c1-3-5(2)9-8(14)10-6(4-11)7(12)13/h3,5-6,11H,1,4H2,2H3,(H,12,13)(H2,9,10,14)/t5?,6-/m1/s1. The van der Waals surface area contributed by atoms with Gasteiger partial charge < -0.3 is 20.8 Å². The number of carboxylic acids is 1. The Balaban J connectivity index is 4.03. The number of hydrogen-bond donors (Lipinski definition) is 4. The third kappa shape index (κ3) is 4.46. The van der Waals surface area contributed by atoms with E-state index in [1.165, 1.54) is 6.08 Å². The van der Waals surface area contributed by atoms with Crippen LogP contribution in [0, 0.1) is 0 Å². The Kier molecular flexibility index (Phi) is 5.31. The first kappa shape index (κ1) is 12.4. The van der Waals surface area contributed by atoms with Gasteiger partial charge in [-0.1, -0.05) is 6.08 Å². The van der Waals surface area contributed by atoms with Crippen LogP contribution < -0.4 is 10.6 Å². The molecule has 0 aliphatic heterocycles. The van der Waals surface area contributed by atoms with E-state index in [0.29, 0.717) is 0 Å². The highest BCUT2D eigenvalue weighted by Gasteiger charge is 2.18. The Labute approximate surface area is 81.6 Å². The smallest absolute Gasteiger partial charge is 0.328 e. The summed E-state index contributed by atoms with van der Waals surface area (Å²) in [5.41, 5.74) is 0. The van der Waals surface area contributed by atoms with Crippen LogP contribution in [-0.2, 0) is 4.79 Å². The summed E-state index contributed by atoms with van der Waals surface area (Å²) >= 11 is 0. The predicted molar refractivity (Wildman–Crippen MR) is 49.8 cm³/mol. The summed E-state index contributed by atoms with van der Waals surface area (Å²) in [6, 6.07) is -2.20. The highest BCUT2D eigenvalue weighted by Crippen LogP contribution is 1.85. The fourth-order valence-corrected chi connectivity index (χ4v) is 0.651. The zero-order valence-corrected chi connectivity index (χ0v) is 7.86. The molecule has 0 saturated heterocycles. The molecular formula is C8H14N2O4. The number of amides is 2. The number of aliphatic hydroxyl groups is 1. The number of carbonyl (C=O) groups is 2. The van der Waals surface area contributed by atoms with E-state index in [9.17, 15) is 9.59 Å². The van der Waals surface area contributed by atoms with Gasteiger partial charge in [0, 0.05) is 6.04 Å². The van der Waals surface area contributed by atoms with Crippen LogP contribution in [-0.4, -0.2) is 40.9 Å². The third-order valence-electron chi connectivity index (χ3n) is 1.50. The van der Waals surface area contributed by atoms with Crippen molar-refractivity contribution in [2.24, 2.45) is 0 Å². The molecule has 0 aromatic heterocycles. The summed E-state index contributed by atoms with van der Waals surface area (Å²) in [7, 11) is 0. The molecule has 0 saturated carbocycles. The lowest BCUT2D eigenvalue weighted by Gasteiger charge is -2.14. The second kappa shape index (κ2) is 5.98. The van der Waals surface area contributed by atoms with Gasteiger partial charge >= 0.3 is 12.0 Å². The largest absolute Gasteiger partial charge is 0.480 e. The van der Waals surface area contributed by atoms with Crippen LogP contribution in [0.5, 0.6) is 0 Å². The van der Waals surface area contributed by atoms with E-state index in [-0.39, 0.29) is 6.04 Å². The Bertz CT molecular complexity index is 229. The first-order valence-electron chi connectivity index (χ1n) is 4.04. The van der Waals surface area contributed by atoms with E-state index in [1.54, 1.807) is 6.92 Å². The van der Waals surface area contributed by atoms with Gasteiger partial charge in [0.15, 0.2) is 6.04 Å². The van der Waals surface area contributed by atoms with Crippen LogP contribution in [0.3, 0.4) is 0 Å². The molecule has 0 aromatic carbocycles. The zero-order chi connectivity index (χ0) is 11.1. The van der Waals surface area contributed by atoms with E-state index in [1.807, 2.05) is 0 Å². The van der Waals surface area contributed by atoms with Crippen LogP contribution in [0.4, 0.5) is 4.79 Å². The highest BCUT2D eigenvalue weighted by molar-refractivity contribution is 5.82. The maximum atomic E-state index is 11.0. The molecule has 0 aliphatic rings. The summed E-state index contributed by atoms with van der Waals surface area (Å²) in [6.07, 6.45) is 1.49. The molecule has 0 bridgehead atoms. The maximum Gasteiger partial charge on any atom is 0.328 e.